The van der Waals surface area contributed by atoms with Gasteiger partial charge in [0.15, 0.2) is 23.3 Å². The van der Waals surface area contributed by atoms with E-state index in [9.17, 15) is 27.2 Å². The van der Waals surface area contributed by atoms with E-state index >= 15 is 0 Å². The summed E-state index contributed by atoms with van der Waals surface area (Å²) in [7, 11) is 0. The van der Waals surface area contributed by atoms with Gasteiger partial charge in [0.05, 0.1) is 5.56 Å². The highest BCUT2D eigenvalue weighted by molar-refractivity contribution is 5.97. The largest absolute Gasteiger partial charge is 0.480 e. The van der Waals surface area contributed by atoms with Gasteiger partial charge in [-0.05, 0) is 18.4 Å². The van der Waals surface area contributed by atoms with Crippen molar-refractivity contribution in [1.29, 1.82) is 0 Å². The zero-order valence-corrected chi connectivity index (χ0v) is 10.9. The predicted molar refractivity (Wildman–Crippen MR) is 62.5 cm³/mol. The Hall–Kier alpha value is -2.12. The van der Waals surface area contributed by atoms with E-state index in [1.54, 1.807) is 6.92 Å². The van der Waals surface area contributed by atoms with Crippen LogP contribution in [0.3, 0.4) is 0 Å². The maximum absolute atomic E-state index is 13.6. The maximum Gasteiger partial charge on any atom is 0.326 e. The summed E-state index contributed by atoms with van der Waals surface area (Å²) in [4.78, 5) is 24.1. The van der Waals surface area contributed by atoms with Gasteiger partial charge in [-0.3, -0.25) is 4.79 Å². The first-order chi connectivity index (χ1) is 9.75. The van der Waals surface area contributed by atoms with Crippen LogP contribution in [0.4, 0.5) is 17.6 Å². The number of carboxylic acids is 1. The van der Waals surface area contributed by atoms with Crippen LogP contribution >= 0.6 is 0 Å². The van der Waals surface area contributed by atoms with Gasteiger partial charge in [0.2, 0.25) is 0 Å². The summed E-state index contributed by atoms with van der Waals surface area (Å²) in [6, 6.07) is -0.981. The van der Waals surface area contributed by atoms with Crippen molar-refractivity contribution in [1.82, 2.24) is 4.90 Å². The number of aliphatic carboxylic acids is 1. The molecule has 1 fully saturated rings. The van der Waals surface area contributed by atoms with Gasteiger partial charge in [-0.25, -0.2) is 22.4 Å². The first-order valence-corrected chi connectivity index (χ1v) is 6.12. The number of rotatable bonds is 2. The highest BCUT2D eigenvalue weighted by Gasteiger charge is 2.41. The molecule has 1 aliphatic heterocycles. The lowest BCUT2D eigenvalue weighted by Gasteiger charge is -2.23. The summed E-state index contributed by atoms with van der Waals surface area (Å²) >= 11 is 0. The van der Waals surface area contributed by atoms with Crippen molar-refractivity contribution in [3.8, 4) is 0 Å². The molecular formula is C13H11F4NO3. The number of carbonyl (C=O) groups is 2. The fourth-order valence-electron chi connectivity index (χ4n) is 2.43. The number of carboxylic acid groups (broad SMARTS) is 1. The van der Waals surface area contributed by atoms with Gasteiger partial charge in [0.25, 0.3) is 5.91 Å². The molecule has 0 spiro atoms. The van der Waals surface area contributed by atoms with Gasteiger partial charge >= 0.3 is 5.97 Å². The van der Waals surface area contributed by atoms with Crippen LogP contribution in [0.5, 0.6) is 0 Å². The van der Waals surface area contributed by atoms with Crippen molar-refractivity contribution < 1.29 is 32.3 Å². The summed E-state index contributed by atoms with van der Waals surface area (Å²) in [6.45, 7) is 1.60. The molecule has 0 aromatic heterocycles. The smallest absolute Gasteiger partial charge is 0.326 e. The summed E-state index contributed by atoms with van der Waals surface area (Å²) < 4.78 is 52.8. The minimum atomic E-state index is -2.10. The summed E-state index contributed by atoms with van der Waals surface area (Å²) in [5, 5.41) is 9.08. The van der Waals surface area contributed by atoms with E-state index in [2.05, 4.69) is 0 Å². The number of hydrogen-bond acceptors (Lipinski definition) is 2. The van der Waals surface area contributed by atoms with Gasteiger partial charge in [0.1, 0.15) is 6.04 Å². The molecule has 2 rings (SSSR count). The molecule has 1 aromatic rings. The van der Waals surface area contributed by atoms with Crippen molar-refractivity contribution in [3.05, 3.63) is 34.9 Å². The molecule has 1 saturated heterocycles. The lowest BCUT2D eigenvalue weighted by molar-refractivity contribution is -0.142. The quantitative estimate of drug-likeness (QED) is 0.517. The minimum absolute atomic E-state index is 0.0109. The maximum atomic E-state index is 13.6. The second-order valence-corrected chi connectivity index (χ2v) is 4.90. The fourth-order valence-corrected chi connectivity index (χ4v) is 2.43. The predicted octanol–water partition coefficient (Wildman–Crippen LogP) is 2.18. The second-order valence-electron chi connectivity index (χ2n) is 4.90. The monoisotopic (exact) mass is 305 g/mol. The van der Waals surface area contributed by atoms with Crippen LogP contribution in [0.25, 0.3) is 0 Å². The molecule has 1 N–H and O–H groups in total. The van der Waals surface area contributed by atoms with E-state index in [0.29, 0.717) is 6.42 Å². The number of carbonyl (C=O) groups excluding carboxylic acids is 1. The summed E-state index contributed by atoms with van der Waals surface area (Å²) in [6.07, 6.45) is 0.358. The Morgan fingerprint density at radius 1 is 1.19 bits per heavy atom. The molecule has 8 heteroatoms. The van der Waals surface area contributed by atoms with Crippen LogP contribution in [-0.4, -0.2) is 34.5 Å². The van der Waals surface area contributed by atoms with Gasteiger partial charge in [-0.2, -0.15) is 0 Å². The topological polar surface area (TPSA) is 57.6 Å². The van der Waals surface area contributed by atoms with E-state index in [0.717, 1.165) is 4.90 Å². The van der Waals surface area contributed by atoms with Crippen LogP contribution in [0.1, 0.15) is 23.7 Å². The lowest BCUT2D eigenvalue weighted by atomic mass is 10.0. The Balaban J connectivity index is 2.44. The van der Waals surface area contributed by atoms with Crippen molar-refractivity contribution >= 4 is 11.9 Å². The first kappa shape index (κ1) is 15.3. The highest BCUT2D eigenvalue weighted by Crippen LogP contribution is 2.28. The molecule has 1 amide bonds. The van der Waals surface area contributed by atoms with Gasteiger partial charge in [0, 0.05) is 6.54 Å². The summed E-state index contributed by atoms with van der Waals surface area (Å²) in [5.74, 6) is -10.5. The molecule has 0 bridgehead atoms. The molecule has 0 saturated carbocycles. The Bertz CT molecular complexity index is 620. The molecule has 0 radical (unpaired) electrons. The zero-order chi connectivity index (χ0) is 15.9. The third kappa shape index (κ3) is 2.45. The van der Waals surface area contributed by atoms with Crippen molar-refractivity contribution in [2.45, 2.75) is 19.4 Å². The van der Waals surface area contributed by atoms with Gasteiger partial charge < -0.3 is 10.0 Å². The van der Waals surface area contributed by atoms with E-state index in [1.165, 1.54) is 0 Å². The molecule has 21 heavy (non-hydrogen) atoms. The van der Waals surface area contributed by atoms with E-state index in [-0.39, 0.29) is 18.5 Å². The van der Waals surface area contributed by atoms with Crippen molar-refractivity contribution in [2.75, 3.05) is 6.54 Å². The molecule has 4 nitrogen and oxygen atoms in total. The summed E-state index contributed by atoms with van der Waals surface area (Å²) in [5.41, 5.74) is -1.02. The third-order valence-corrected chi connectivity index (χ3v) is 3.55. The van der Waals surface area contributed by atoms with E-state index in [4.69, 9.17) is 5.11 Å². The van der Waals surface area contributed by atoms with Crippen molar-refractivity contribution in [2.24, 2.45) is 5.92 Å². The van der Waals surface area contributed by atoms with Crippen LogP contribution in [0.2, 0.25) is 0 Å². The molecule has 114 valence electrons. The number of benzene rings is 1. The Morgan fingerprint density at radius 3 is 2.38 bits per heavy atom. The molecule has 1 aromatic carbocycles. The Kier molecular flexibility index (Phi) is 3.89. The first-order valence-electron chi connectivity index (χ1n) is 6.12. The molecule has 0 aliphatic carbocycles. The van der Waals surface area contributed by atoms with Crippen LogP contribution in [0.15, 0.2) is 6.07 Å². The molecular weight excluding hydrogens is 294 g/mol. The Labute approximate surface area is 117 Å². The standard InChI is InChI=1S/C13H11F4NO3/c1-5-2-3-18(11(5)13(20)21)12(19)6-4-7(14)9(16)10(17)8(6)15/h4-5,11H,2-3H2,1H3,(H,20,21). The zero-order valence-electron chi connectivity index (χ0n) is 10.9. The SMILES string of the molecule is CC1CCN(C(=O)c2cc(F)c(F)c(F)c2F)C1C(=O)O. The average molecular weight is 305 g/mol. The van der Waals surface area contributed by atoms with Crippen LogP contribution in [-0.2, 0) is 4.79 Å². The molecule has 2 atom stereocenters. The number of likely N-dealkylation sites (tertiary alicyclic amines) is 1. The van der Waals surface area contributed by atoms with Crippen LogP contribution < -0.4 is 0 Å². The fraction of sp³-hybridized carbons (Fsp3) is 0.385. The number of amides is 1. The lowest BCUT2D eigenvalue weighted by Crippen LogP contribution is -2.43. The molecule has 1 heterocycles. The number of hydrogen-bond donors (Lipinski definition) is 1. The van der Waals surface area contributed by atoms with Gasteiger partial charge in [-0.1, -0.05) is 6.92 Å². The van der Waals surface area contributed by atoms with Gasteiger partial charge in [-0.15, -0.1) is 0 Å². The third-order valence-electron chi connectivity index (χ3n) is 3.55. The van der Waals surface area contributed by atoms with Crippen molar-refractivity contribution in [3.63, 3.8) is 0 Å². The highest BCUT2D eigenvalue weighted by atomic mass is 19.2. The second kappa shape index (κ2) is 5.34. The van der Waals surface area contributed by atoms with Crippen LogP contribution in [0, 0.1) is 29.2 Å². The molecule has 1 aliphatic rings. The Morgan fingerprint density at radius 2 is 1.81 bits per heavy atom. The van der Waals surface area contributed by atoms with E-state index in [1.807, 2.05) is 0 Å². The normalized spacial score (nSPS) is 21.7. The average Bonchev–Trinajstić information content (AvgIpc) is 2.81. The minimum Gasteiger partial charge on any atom is -0.480 e. The van der Waals surface area contributed by atoms with E-state index < -0.39 is 46.8 Å². The molecule has 2 unspecified atom stereocenters. The number of halogens is 4. The number of nitrogens with zero attached hydrogens (tertiary/aromatic N) is 1.